The predicted octanol–water partition coefficient (Wildman–Crippen LogP) is 8.13. The average molecular weight is 535 g/mol. The maximum atomic E-state index is 2.63. The number of benzene rings is 3. The van der Waals surface area contributed by atoms with Crippen LogP contribution in [0.5, 0.6) is 0 Å². The van der Waals surface area contributed by atoms with Gasteiger partial charge in [0.15, 0.2) is 8.07 Å². The highest BCUT2D eigenvalue weighted by atomic mass is 28.3. The van der Waals surface area contributed by atoms with Gasteiger partial charge in [-0.25, -0.2) is 0 Å². The van der Waals surface area contributed by atoms with Crippen LogP contribution in [0.25, 0.3) is 0 Å². The Morgan fingerprint density at radius 2 is 0.821 bits per heavy atom. The molecule has 0 radical (unpaired) electrons. The van der Waals surface area contributed by atoms with E-state index in [1.807, 2.05) is 0 Å². The van der Waals surface area contributed by atoms with Crippen LogP contribution < -0.4 is 15.6 Å². The Balaban J connectivity index is 2.20. The van der Waals surface area contributed by atoms with Crippen molar-refractivity contribution in [1.82, 2.24) is 0 Å². The Labute approximate surface area is 240 Å². The van der Waals surface area contributed by atoms with Gasteiger partial charge in [0.2, 0.25) is 0 Å². The van der Waals surface area contributed by atoms with Gasteiger partial charge in [-0.1, -0.05) is 132 Å². The summed E-state index contributed by atoms with van der Waals surface area (Å²) in [5.41, 5.74) is 10.4. The molecule has 0 aromatic heterocycles. The summed E-state index contributed by atoms with van der Waals surface area (Å²) in [6.07, 6.45) is 15.1. The lowest BCUT2D eigenvalue weighted by Gasteiger charge is -2.37. The van der Waals surface area contributed by atoms with Crippen molar-refractivity contribution in [3.63, 3.8) is 0 Å². The average Bonchev–Trinajstić information content (AvgIpc) is 3.45. The lowest BCUT2D eigenvalue weighted by molar-refractivity contribution is 0.927. The molecule has 1 heteroatoms. The summed E-state index contributed by atoms with van der Waals surface area (Å²) >= 11 is 0. The smallest absolute Gasteiger partial charge is 0.0776 e. The third kappa shape index (κ3) is 5.94. The van der Waals surface area contributed by atoms with Crippen LogP contribution in [0.2, 0.25) is 0 Å². The largest absolute Gasteiger partial charge is 0.176 e. The van der Waals surface area contributed by atoms with Gasteiger partial charge in [0, 0.05) is 0 Å². The van der Waals surface area contributed by atoms with Crippen LogP contribution in [-0.4, -0.2) is 8.07 Å². The lowest BCUT2D eigenvalue weighted by Crippen LogP contribution is -2.69. The number of hydrogen-bond acceptors (Lipinski definition) is 0. The minimum Gasteiger partial charge on any atom is -0.0776 e. The first-order chi connectivity index (χ1) is 18.9. The first kappa shape index (κ1) is 29.3. The van der Waals surface area contributed by atoms with Crippen molar-refractivity contribution in [2.75, 3.05) is 0 Å². The van der Waals surface area contributed by atoms with Crippen molar-refractivity contribution in [2.45, 2.75) is 106 Å². The Morgan fingerprint density at radius 3 is 1.10 bits per heavy atom. The topological polar surface area (TPSA) is 0 Å². The molecule has 0 saturated carbocycles. The predicted molar refractivity (Wildman–Crippen MR) is 176 cm³/mol. The summed E-state index contributed by atoms with van der Waals surface area (Å²) in [4.78, 5) is 0. The fraction of sp³-hybridized carbons (Fsp3) is 0.421. The van der Waals surface area contributed by atoms with Crippen LogP contribution in [0.3, 0.4) is 0 Å². The molecule has 0 atom stereocenters. The highest BCUT2D eigenvalue weighted by Gasteiger charge is 2.44. The minimum atomic E-state index is -2.54. The Hall–Kier alpha value is -2.64. The van der Waals surface area contributed by atoms with E-state index in [-0.39, 0.29) is 0 Å². The van der Waals surface area contributed by atoms with E-state index in [2.05, 4.69) is 115 Å². The second-order valence-electron chi connectivity index (χ2n) is 11.4. The molecule has 3 aromatic rings. The molecule has 0 heterocycles. The first-order valence-electron chi connectivity index (χ1n) is 15.7. The van der Waals surface area contributed by atoms with E-state index in [0.29, 0.717) is 0 Å². The molecule has 1 aliphatic rings. The molecule has 3 aromatic carbocycles. The number of allylic oxidation sites excluding steroid dienone is 4. The number of hydrogen-bond donors (Lipinski definition) is 0. The van der Waals surface area contributed by atoms with Gasteiger partial charge in [-0.15, -0.1) is 0 Å². The van der Waals surface area contributed by atoms with Crippen molar-refractivity contribution in [3.8, 4) is 0 Å². The van der Waals surface area contributed by atoms with Gasteiger partial charge in [-0.2, -0.15) is 0 Å². The molecule has 4 rings (SSSR count). The molecule has 39 heavy (non-hydrogen) atoms. The van der Waals surface area contributed by atoms with Gasteiger partial charge in [-0.05, 0) is 100 Å². The number of aryl methyl sites for hydroxylation is 6. The van der Waals surface area contributed by atoms with Crippen molar-refractivity contribution in [2.24, 2.45) is 0 Å². The Kier molecular flexibility index (Phi) is 9.89. The zero-order valence-corrected chi connectivity index (χ0v) is 26.7. The van der Waals surface area contributed by atoms with E-state index in [4.69, 9.17) is 0 Å². The summed E-state index contributed by atoms with van der Waals surface area (Å²) < 4.78 is 0. The summed E-state index contributed by atoms with van der Waals surface area (Å²) in [5, 5.41) is 6.43. The van der Waals surface area contributed by atoms with Gasteiger partial charge in [0.1, 0.15) is 0 Å². The molecule has 0 bridgehead atoms. The molecule has 0 saturated heterocycles. The summed E-state index contributed by atoms with van der Waals surface area (Å²) in [7, 11) is -2.54. The molecule has 0 N–H and O–H groups in total. The Morgan fingerprint density at radius 1 is 0.487 bits per heavy atom. The molecule has 0 nitrogen and oxygen atoms in total. The second kappa shape index (κ2) is 13.1. The van der Waals surface area contributed by atoms with E-state index in [1.165, 1.54) is 51.8 Å². The van der Waals surface area contributed by atoms with Crippen LogP contribution in [0.4, 0.5) is 0 Å². The van der Waals surface area contributed by atoms with Crippen LogP contribution in [0.15, 0.2) is 77.5 Å². The van der Waals surface area contributed by atoms with Gasteiger partial charge >= 0.3 is 0 Å². The van der Waals surface area contributed by atoms with E-state index in [1.54, 1.807) is 20.8 Å². The van der Waals surface area contributed by atoms with Gasteiger partial charge in [0.05, 0.1) is 0 Å². The third-order valence-electron chi connectivity index (χ3n) is 8.87. The fourth-order valence-electron chi connectivity index (χ4n) is 6.53. The number of rotatable bonds is 12. The normalized spacial score (nSPS) is 13.5. The highest BCUT2D eigenvalue weighted by Crippen LogP contribution is 2.31. The molecule has 1 aliphatic carbocycles. The van der Waals surface area contributed by atoms with E-state index < -0.39 is 8.07 Å². The highest BCUT2D eigenvalue weighted by molar-refractivity contribution is 7.16. The standard InChI is InChI=1S/C38H50Si/c1-8-15-34-16-17-35(27-34)39(36-21-28(9-2)18-29(10-3)22-36,37-23-30(11-4)19-31(12-5)24-37)38-25-32(13-6)20-33(14-7)26-38/h16,18-27H,8-15,17H2,1-7H3. The molecule has 0 unspecified atom stereocenters. The van der Waals surface area contributed by atoms with Gasteiger partial charge in [0.25, 0.3) is 0 Å². The molecule has 0 spiro atoms. The monoisotopic (exact) mass is 534 g/mol. The summed E-state index contributed by atoms with van der Waals surface area (Å²) in [5.74, 6) is 0. The van der Waals surface area contributed by atoms with Gasteiger partial charge in [-0.3, -0.25) is 0 Å². The van der Waals surface area contributed by atoms with E-state index >= 15 is 0 Å². The Bertz CT molecular complexity index is 1150. The van der Waals surface area contributed by atoms with Crippen molar-refractivity contribution >= 4 is 23.6 Å². The molecular formula is C38H50Si. The van der Waals surface area contributed by atoms with Crippen LogP contribution in [-0.2, 0) is 38.5 Å². The van der Waals surface area contributed by atoms with Crippen LogP contribution >= 0.6 is 0 Å². The SMILES string of the molecule is CCCC1=CCC([Si](c2cc(CC)cc(CC)c2)(c2cc(CC)cc(CC)c2)c2cc(CC)cc(CC)c2)=C1. The molecule has 0 amide bonds. The van der Waals surface area contributed by atoms with Crippen LogP contribution in [0, 0.1) is 0 Å². The van der Waals surface area contributed by atoms with Crippen molar-refractivity contribution < 1.29 is 0 Å². The van der Waals surface area contributed by atoms with Crippen molar-refractivity contribution in [3.05, 3.63) is 111 Å². The molecular weight excluding hydrogens is 485 g/mol. The van der Waals surface area contributed by atoms with E-state index in [0.717, 1.165) is 44.9 Å². The fourth-order valence-corrected chi connectivity index (χ4v) is 11.9. The molecule has 206 valence electrons. The second-order valence-corrected chi connectivity index (χ2v) is 15.3. The van der Waals surface area contributed by atoms with E-state index in [9.17, 15) is 0 Å². The zero-order valence-electron chi connectivity index (χ0n) is 25.7. The maximum absolute atomic E-state index is 2.63. The summed E-state index contributed by atoms with van der Waals surface area (Å²) in [6, 6.07) is 22.9. The molecule has 0 fully saturated rings. The zero-order chi connectivity index (χ0) is 28.0. The van der Waals surface area contributed by atoms with Gasteiger partial charge < -0.3 is 0 Å². The quantitative estimate of drug-likeness (QED) is 0.163. The maximum Gasteiger partial charge on any atom is 0.176 e. The lowest BCUT2D eigenvalue weighted by atomic mass is 10.1. The van der Waals surface area contributed by atoms with Crippen LogP contribution in [0.1, 0.15) is 101 Å². The minimum absolute atomic E-state index is 1.08. The third-order valence-corrected chi connectivity index (χ3v) is 13.6. The first-order valence-corrected chi connectivity index (χ1v) is 17.7. The van der Waals surface area contributed by atoms with Crippen molar-refractivity contribution in [1.29, 1.82) is 0 Å². The molecule has 0 aliphatic heterocycles. The summed E-state index contributed by atoms with van der Waals surface area (Å²) in [6.45, 7) is 16.2.